The average Bonchev–Trinajstić information content (AvgIpc) is 3.90. The van der Waals surface area contributed by atoms with Crippen LogP contribution in [0.4, 0.5) is 28.4 Å². The summed E-state index contributed by atoms with van der Waals surface area (Å²) in [7, 11) is 0. The molecular formula is C60H44N2O2. The van der Waals surface area contributed by atoms with Crippen molar-refractivity contribution in [1.29, 1.82) is 0 Å². The van der Waals surface area contributed by atoms with E-state index in [9.17, 15) is 0 Å². The van der Waals surface area contributed by atoms with Gasteiger partial charge in [-0.25, -0.2) is 0 Å². The second-order valence-electron chi connectivity index (χ2n) is 17.1. The molecule has 0 N–H and O–H groups in total. The second kappa shape index (κ2) is 15.4. The van der Waals surface area contributed by atoms with Gasteiger partial charge in [-0.1, -0.05) is 140 Å². The Bertz CT molecular complexity index is 3480. The summed E-state index contributed by atoms with van der Waals surface area (Å²) in [6.07, 6.45) is 10.1. The lowest BCUT2D eigenvalue weighted by molar-refractivity contribution is 0.520. The molecule has 0 amide bonds. The van der Waals surface area contributed by atoms with Crippen LogP contribution in [-0.4, -0.2) is 0 Å². The van der Waals surface area contributed by atoms with Crippen LogP contribution < -0.4 is 9.80 Å². The molecule has 10 aromatic rings. The van der Waals surface area contributed by atoms with Gasteiger partial charge >= 0.3 is 0 Å². The Hall–Kier alpha value is -8.08. The number of allylic oxidation sites excluding steroid dienone is 4. The molecule has 2 aromatic heterocycles. The molecule has 0 radical (unpaired) electrons. The van der Waals surface area contributed by atoms with Crippen LogP contribution in [0.5, 0.6) is 0 Å². The molecular weight excluding hydrogens is 781 g/mol. The van der Waals surface area contributed by atoms with E-state index in [2.05, 4.69) is 230 Å². The van der Waals surface area contributed by atoms with Crippen LogP contribution in [0.2, 0.25) is 0 Å². The molecule has 2 aliphatic rings. The van der Waals surface area contributed by atoms with Crippen molar-refractivity contribution in [3.8, 4) is 22.3 Å². The lowest BCUT2D eigenvalue weighted by atomic mass is 9.82. The number of furan rings is 2. The number of fused-ring (bicyclic) bond motifs is 8. The molecule has 0 spiro atoms. The maximum absolute atomic E-state index is 7.09. The van der Waals surface area contributed by atoms with Gasteiger partial charge in [0.25, 0.3) is 0 Å². The molecule has 8 aromatic carbocycles. The van der Waals surface area contributed by atoms with E-state index in [1.54, 1.807) is 0 Å². The zero-order valence-corrected chi connectivity index (χ0v) is 35.7. The molecule has 64 heavy (non-hydrogen) atoms. The molecule has 4 heteroatoms. The molecule has 1 unspecified atom stereocenters. The Morgan fingerprint density at radius 3 is 1.69 bits per heavy atom. The molecule has 1 atom stereocenters. The first-order valence-corrected chi connectivity index (χ1v) is 22.1. The van der Waals surface area contributed by atoms with Crippen LogP contribution in [0.25, 0.3) is 61.2 Å². The number of anilines is 5. The summed E-state index contributed by atoms with van der Waals surface area (Å²) in [5.74, 6) is 1.12. The number of benzene rings is 8. The minimum absolute atomic E-state index is 0.131. The number of nitrogens with zero attached hydrogens (tertiary/aromatic N) is 2. The van der Waals surface area contributed by atoms with Gasteiger partial charge in [-0.15, -0.1) is 0 Å². The van der Waals surface area contributed by atoms with E-state index in [-0.39, 0.29) is 5.92 Å². The second-order valence-corrected chi connectivity index (χ2v) is 17.1. The Kier molecular flexibility index (Phi) is 9.05. The van der Waals surface area contributed by atoms with E-state index in [4.69, 9.17) is 8.83 Å². The van der Waals surface area contributed by atoms with E-state index in [1.807, 2.05) is 6.07 Å². The third-order valence-electron chi connectivity index (χ3n) is 12.8. The highest BCUT2D eigenvalue weighted by Crippen LogP contribution is 2.50. The smallest absolute Gasteiger partial charge is 0.160 e. The lowest BCUT2D eigenvalue weighted by Gasteiger charge is -2.31. The van der Waals surface area contributed by atoms with Crippen LogP contribution in [-0.2, 0) is 6.42 Å². The fraction of sp³-hybridized carbons (Fsp3) is 0.0667. The topological polar surface area (TPSA) is 32.8 Å². The van der Waals surface area contributed by atoms with Gasteiger partial charge in [0.05, 0.1) is 5.69 Å². The summed E-state index contributed by atoms with van der Waals surface area (Å²) >= 11 is 0. The first kappa shape index (κ1) is 37.7. The maximum Gasteiger partial charge on any atom is 0.160 e. The fourth-order valence-corrected chi connectivity index (χ4v) is 9.79. The van der Waals surface area contributed by atoms with Crippen LogP contribution in [0.3, 0.4) is 0 Å². The van der Waals surface area contributed by atoms with Gasteiger partial charge < -0.3 is 18.6 Å². The van der Waals surface area contributed by atoms with Crippen LogP contribution in [0, 0.1) is 19.8 Å². The number of rotatable bonds is 8. The molecule has 2 heterocycles. The average molecular weight is 825 g/mol. The number of para-hydroxylation sites is 1. The molecule has 0 saturated carbocycles. The SMILES string of the molecule is Cc1cccc(N(C2=CC3Cc4oc5cc(N(c6ccc(-c7ccccc7)cc6)c6cccc(C)c6)c6oc7ccccc7c6c5c4C=C3C=C2)c2ccc(-c3ccccc3)cc2)c1. The van der Waals surface area contributed by atoms with E-state index in [0.29, 0.717) is 0 Å². The summed E-state index contributed by atoms with van der Waals surface area (Å²) in [5, 5.41) is 3.24. The minimum Gasteiger partial charge on any atom is -0.460 e. The normalized spacial score (nSPS) is 14.3. The molecule has 0 saturated heterocycles. The maximum atomic E-state index is 7.09. The van der Waals surface area contributed by atoms with E-state index < -0.39 is 0 Å². The van der Waals surface area contributed by atoms with Gasteiger partial charge in [-0.05, 0) is 120 Å². The van der Waals surface area contributed by atoms with Gasteiger partial charge in [0, 0.05) is 68.6 Å². The van der Waals surface area contributed by atoms with Crippen molar-refractivity contribution in [3.63, 3.8) is 0 Å². The van der Waals surface area contributed by atoms with E-state index >= 15 is 0 Å². The summed E-state index contributed by atoms with van der Waals surface area (Å²) < 4.78 is 14.0. The Morgan fingerprint density at radius 1 is 0.469 bits per heavy atom. The highest BCUT2D eigenvalue weighted by atomic mass is 16.3. The lowest BCUT2D eigenvalue weighted by Crippen LogP contribution is -2.20. The molecule has 0 aliphatic heterocycles. The van der Waals surface area contributed by atoms with Gasteiger partial charge in [0.15, 0.2) is 5.58 Å². The van der Waals surface area contributed by atoms with Crippen molar-refractivity contribution in [2.45, 2.75) is 20.3 Å². The molecule has 4 nitrogen and oxygen atoms in total. The predicted molar refractivity (Wildman–Crippen MR) is 266 cm³/mol. The summed E-state index contributed by atoms with van der Waals surface area (Å²) in [6.45, 7) is 4.30. The minimum atomic E-state index is 0.131. The highest BCUT2D eigenvalue weighted by molar-refractivity contribution is 6.24. The Morgan fingerprint density at radius 2 is 1.05 bits per heavy atom. The predicted octanol–water partition coefficient (Wildman–Crippen LogP) is 16.6. The number of hydrogen-bond donors (Lipinski definition) is 0. The summed E-state index contributed by atoms with van der Waals surface area (Å²) in [6, 6.07) is 66.9. The largest absolute Gasteiger partial charge is 0.460 e. The molecule has 306 valence electrons. The molecule has 0 bridgehead atoms. The number of aryl methyl sites for hydroxylation is 2. The standard InChI is InChI=1S/C60H44N2O2/c1-39-13-11-19-49(33-39)61(47-28-23-43(24-29-47)41-15-5-3-6-16-41)51-32-27-45-36-53-56(37-46(45)35-51)63-57-38-54(60-59(58(53)57)52-21-9-10-22-55(52)64-60)62(50-20-12-14-40(2)34-50)48-30-25-44(26-31-48)42-17-7-4-8-18-42/h3-36,38,46H,37H2,1-2H3. The van der Waals surface area contributed by atoms with Crippen LogP contribution >= 0.6 is 0 Å². The van der Waals surface area contributed by atoms with Gasteiger partial charge in [-0.2, -0.15) is 0 Å². The van der Waals surface area contributed by atoms with E-state index in [0.717, 1.165) is 84.8 Å². The van der Waals surface area contributed by atoms with Crippen molar-refractivity contribution < 1.29 is 8.83 Å². The quantitative estimate of drug-likeness (QED) is 0.153. The molecule has 2 aliphatic carbocycles. The zero-order chi connectivity index (χ0) is 42.7. The van der Waals surface area contributed by atoms with Crippen molar-refractivity contribution in [2.75, 3.05) is 9.80 Å². The number of hydrogen-bond acceptors (Lipinski definition) is 4. The third-order valence-corrected chi connectivity index (χ3v) is 12.8. The van der Waals surface area contributed by atoms with Gasteiger partial charge in [0.2, 0.25) is 0 Å². The van der Waals surface area contributed by atoms with Crippen molar-refractivity contribution in [3.05, 3.63) is 240 Å². The van der Waals surface area contributed by atoms with Gasteiger partial charge in [0.1, 0.15) is 16.9 Å². The van der Waals surface area contributed by atoms with E-state index in [1.165, 1.54) is 39.0 Å². The monoisotopic (exact) mass is 824 g/mol. The zero-order valence-electron chi connectivity index (χ0n) is 35.7. The first-order chi connectivity index (χ1) is 31.5. The first-order valence-electron chi connectivity index (χ1n) is 22.1. The van der Waals surface area contributed by atoms with Crippen molar-refractivity contribution in [2.24, 2.45) is 5.92 Å². The fourth-order valence-electron chi connectivity index (χ4n) is 9.79. The summed E-state index contributed by atoms with van der Waals surface area (Å²) in [4.78, 5) is 4.69. The van der Waals surface area contributed by atoms with Crippen LogP contribution in [0.1, 0.15) is 22.5 Å². The van der Waals surface area contributed by atoms with Crippen molar-refractivity contribution in [1.82, 2.24) is 0 Å². The molecule has 0 fully saturated rings. The molecule has 12 rings (SSSR count). The summed E-state index contributed by atoms with van der Waals surface area (Å²) in [5.41, 5.74) is 18.5. The van der Waals surface area contributed by atoms with Gasteiger partial charge in [-0.3, -0.25) is 0 Å². The Balaban J connectivity index is 0.983. The Labute approximate surface area is 372 Å². The highest BCUT2D eigenvalue weighted by Gasteiger charge is 2.31. The van der Waals surface area contributed by atoms with Crippen LogP contribution in [0.15, 0.2) is 226 Å². The van der Waals surface area contributed by atoms with Crippen molar-refractivity contribution >= 4 is 67.4 Å². The third kappa shape index (κ3) is 6.54.